The first kappa shape index (κ1) is 20.7. The standard InChI is InChI=1S/C19H25N3O4S/c1-22(9-8-14-6-7-16(25-2)17(11-14)26-3)13-18(23)21-19(24)20-12-15-5-4-10-27-15/h4-7,10-11H,8-9,12-13H2,1-3H3,(H2,20,21,23,24)/p+1. The lowest BCUT2D eigenvalue weighted by atomic mass is 10.1. The molecular weight excluding hydrogens is 366 g/mol. The summed E-state index contributed by atoms with van der Waals surface area (Å²) in [4.78, 5) is 25.8. The van der Waals surface area contributed by atoms with Crippen LogP contribution in [0.4, 0.5) is 4.79 Å². The Bertz CT molecular complexity index is 749. The molecule has 2 rings (SSSR count). The minimum atomic E-state index is -0.471. The van der Waals surface area contributed by atoms with Crippen LogP contribution in [0, 0.1) is 0 Å². The van der Waals surface area contributed by atoms with Crippen molar-refractivity contribution in [1.29, 1.82) is 0 Å². The van der Waals surface area contributed by atoms with Crippen LogP contribution in [0.3, 0.4) is 0 Å². The number of nitrogens with one attached hydrogen (secondary N) is 3. The molecule has 27 heavy (non-hydrogen) atoms. The Balaban J connectivity index is 1.72. The highest BCUT2D eigenvalue weighted by Crippen LogP contribution is 2.27. The molecule has 1 unspecified atom stereocenters. The third kappa shape index (κ3) is 6.92. The summed E-state index contributed by atoms with van der Waals surface area (Å²) in [6, 6.07) is 9.16. The number of carbonyl (C=O) groups is 2. The number of benzene rings is 1. The summed E-state index contributed by atoms with van der Waals surface area (Å²) >= 11 is 1.56. The lowest BCUT2D eigenvalue weighted by Gasteiger charge is -2.14. The van der Waals surface area contributed by atoms with Gasteiger partial charge < -0.3 is 19.7 Å². The Kier molecular flexibility index (Phi) is 8.09. The van der Waals surface area contributed by atoms with Gasteiger partial charge in [-0.2, -0.15) is 0 Å². The van der Waals surface area contributed by atoms with Crippen molar-refractivity contribution < 1.29 is 24.0 Å². The zero-order valence-electron chi connectivity index (χ0n) is 15.8. The van der Waals surface area contributed by atoms with Crippen LogP contribution in [0.15, 0.2) is 35.7 Å². The predicted molar refractivity (Wildman–Crippen MR) is 105 cm³/mol. The molecule has 1 aromatic carbocycles. The molecular formula is C19H26N3O4S+. The Labute approximate surface area is 163 Å². The van der Waals surface area contributed by atoms with E-state index in [2.05, 4.69) is 10.6 Å². The van der Waals surface area contributed by atoms with Crippen LogP contribution in [0.1, 0.15) is 10.4 Å². The predicted octanol–water partition coefficient (Wildman–Crippen LogP) is 0.849. The summed E-state index contributed by atoms with van der Waals surface area (Å²) in [6.45, 7) is 1.39. The number of rotatable bonds is 9. The molecule has 1 heterocycles. The van der Waals surface area contributed by atoms with Gasteiger partial charge in [0.05, 0.1) is 34.4 Å². The van der Waals surface area contributed by atoms with Crippen LogP contribution >= 0.6 is 11.3 Å². The molecule has 0 radical (unpaired) electrons. The molecule has 0 aliphatic carbocycles. The van der Waals surface area contributed by atoms with Gasteiger partial charge in [-0.05, 0) is 29.1 Å². The Morgan fingerprint density at radius 1 is 1.15 bits per heavy atom. The van der Waals surface area contributed by atoms with Crippen molar-refractivity contribution in [1.82, 2.24) is 10.6 Å². The number of amides is 3. The molecule has 0 aliphatic heterocycles. The summed E-state index contributed by atoms with van der Waals surface area (Å²) in [5, 5.41) is 6.98. The number of hydrogen-bond donors (Lipinski definition) is 3. The van der Waals surface area contributed by atoms with Crippen molar-refractivity contribution in [2.24, 2.45) is 0 Å². The van der Waals surface area contributed by atoms with Gasteiger partial charge in [-0.1, -0.05) is 12.1 Å². The average molecular weight is 393 g/mol. The van der Waals surface area contributed by atoms with Crippen LogP contribution in [0.25, 0.3) is 0 Å². The van der Waals surface area contributed by atoms with E-state index in [1.165, 1.54) is 0 Å². The van der Waals surface area contributed by atoms with E-state index < -0.39 is 6.03 Å². The van der Waals surface area contributed by atoms with E-state index in [9.17, 15) is 9.59 Å². The molecule has 2 aromatic rings. The number of methoxy groups -OCH3 is 2. The van der Waals surface area contributed by atoms with Crippen molar-refractivity contribution in [2.75, 3.05) is 34.4 Å². The third-order valence-corrected chi connectivity index (χ3v) is 4.88. The molecule has 1 atom stereocenters. The summed E-state index contributed by atoms with van der Waals surface area (Å²) in [6.07, 6.45) is 0.782. The zero-order chi connectivity index (χ0) is 19.6. The molecule has 3 N–H and O–H groups in total. The van der Waals surface area contributed by atoms with Gasteiger partial charge in [0.15, 0.2) is 18.0 Å². The number of urea groups is 1. The molecule has 0 bridgehead atoms. The third-order valence-electron chi connectivity index (χ3n) is 4.01. The molecule has 0 fully saturated rings. The topological polar surface area (TPSA) is 81.1 Å². The van der Waals surface area contributed by atoms with Gasteiger partial charge in [0.1, 0.15) is 0 Å². The fourth-order valence-corrected chi connectivity index (χ4v) is 3.20. The van der Waals surface area contributed by atoms with Gasteiger partial charge in [0.25, 0.3) is 5.91 Å². The van der Waals surface area contributed by atoms with Crippen LogP contribution in [-0.2, 0) is 17.8 Å². The van der Waals surface area contributed by atoms with E-state index in [4.69, 9.17) is 9.47 Å². The molecule has 8 heteroatoms. The quantitative estimate of drug-likeness (QED) is 0.591. The Morgan fingerprint density at radius 3 is 2.59 bits per heavy atom. The van der Waals surface area contributed by atoms with E-state index in [0.29, 0.717) is 18.0 Å². The Morgan fingerprint density at radius 2 is 1.93 bits per heavy atom. The second-order valence-corrected chi connectivity index (χ2v) is 7.17. The number of carbonyl (C=O) groups excluding carboxylic acids is 2. The maximum atomic E-state index is 12.0. The fraction of sp³-hybridized carbons (Fsp3) is 0.368. The number of quaternary nitrogens is 1. The zero-order valence-corrected chi connectivity index (χ0v) is 16.7. The highest BCUT2D eigenvalue weighted by molar-refractivity contribution is 7.09. The van der Waals surface area contributed by atoms with Crippen LogP contribution in [0.2, 0.25) is 0 Å². The monoisotopic (exact) mass is 392 g/mol. The number of ether oxygens (including phenoxy) is 2. The fourth-order valence-electron chi connectivity index (χ4n) is 2.55. The molecule has 0 aliphatic rings. The minimum absolute atomic E-state index is 0.222. The second kappa shape index (κ2) is 10.5. The van der Waals surface area contributed by atoms with Crippen molar-refractivity contribution in [3.63, 3.8) is 0 Å². The SMILES string of the molecule is COc1ccc(CC[NH+](C)CC(=O)NC(=O)NCc2cccs2)cc1OC. The molecule has 3 amide bonds. The number of likely N-dealkylation sites (N-methyl/N-ethyl adjacent to an activating group) is 1. The van der Waals surface area contributed by atoms with Gasteiger partial charge in [0, 0.05) is 11.3 Å². The summed E-state index contributed by atoms with van der Waals surface area (Å²) in [5.41, 5.74) is 1.10. The van der Waals surface area contributed by atoms with Crippen LogP contribution < -0.4 is 25.0 Å². The van der Waals surface area contributed by atoms with Gasteiger partial charge in [0.2, 0.25) is 0 Å². The molecule has 1 aromatic heterocycles. The van der Waals surface area contributed by atoms with Crippen molar-refractivity contribution >= 4 is 23.3 Å². The summed E-state index contributed by atoms with van der Waals surface area (Å²) in [7, 11) is 5.13. The van der Waals surface area contributed by atoms with Crippen LogP contribution in [-0.4, -0.2) is 46.3 Å². The molecule has 146 valence electrons. The largest absolute Gasteiger partial charge is 0.493 e. The molecule has 0 saturated heterocycles. The second-order valence-electron chi connectivity index (χ2n) is 6.13. The molecule has 0 saturated carbocycles. The van der Waals surface area contributed by atoms with Crippen molar-refractivity contribution in [3.05, 3.63) is 46.2 Å². The van der Waals surface area contributed by atoms with E-state index in [1.54, 1.807) is 25.6 Å². The minimum Gasteiger partial charge on any atom is -0.493 e. The summed E-state index contributed by atoms with van der Waals surface area (Å²) < 4.78 is 10.5. The van der Waals surface area contributed by atoms with E-state index in [-0.39, 0.29) is 12.5 Å². The van der Waals surface area contributed by atoms with E-state index in [1.807, 2.05) is 42.8 Å². The van der Waals surface area contributed by atoms with Crippen molar-refractivity contribution in [3.8, 4) is 11.5 Å². The number of imide groups is 1. The van der Waals surface area contributed by atoms with Gasteiger partial charge in [-0.3, -0.25) is 10.1 Å². The van der Waals surface area contributed by atoms with Gasteiger partial charge in [-0.25, -0.2) is 4.79 Å². The lowest BCUT2D eigenvalue weighted by Crippen LogP contribution is -3.10. The Hall–Kier alpha value is -2.58. The number of thiophene rings is 1. The average Bonchev–Trinajstić information content (AvgIpc) is 3.18. The first-order valence-corrected chi connectivity index (χ1v) is 9.52. The molecule has 0 spiro atoms. The maximum absolute atomic E-state index is 12.0. The van der Waals surface area contributed by atoms with E-state index in [0.717, 1.165) is 28.3 Å². The normalized spacial score (nSPS) is 11.5. The maximum Gasteiger partial charge on any atom is 0.321 e. The summed E-state index contributed by atoms with van der Waals surface area (Å²) in [5.74, 6) is 1.08. The first-order chi connectivity index (χ1) is 13.0. The lowest BCUT2D eigenvalue weighted by molar-refractivity contribution is -0.870. The van der Waals surface area contributed by atoms with Gasteiger partial charge in [-0.15, -0.1) is 11.3 Å². The van der Waals surface area contributed by atoms with Crippen molar-refractivity contribution in [2.45, 2.75) is 13.0 Å². The van der Waals surface area contributed by atoms with Gasteiger partial charge >= 0.3 is 6.03 Å². The number of hydrogen-bond acceptors (Lipinski definition) is 5. The van der Waals surface area contributed by atoms with E-state index >= 15 is 0 Å². The van der Waals surface area contributed by atoms with Crippen LogP contribution in [0.5, 0.6) is 11.5 Å². The first-order valence-electron chi connectivity index (χ1n) is 8.64. The highest BCUT2D eigenvalue weighted by atomic mass is 32.1. The smallest absolute Gasteiger partial charge is 0.321 e. The highest BCUT2D eigenvalue weighted by Gasteiger charge is 2.14. The molecule has 7 nitrogen and oxygen atoms in total.